The summed E-state index contributed by atoms with van der Waals surface area (Å²) >= 11 is 0. The molecule has 0 spiro atoms. The van der Waals surface area contributed by atoms with Crippen molar-refractivity contribution < 1.29 is 19.1 Å². The number of aromatic nitrogens is 1. The summed E-state index contributed by atoms with van der Waals surface area (Å²) in [6.45, 7) is 0. The first-order valence-electron chi connectivity index (χ1n) is 10.3. The second-order valence-corrected chi connectivity index (χ2v) is 7.95. The van der Waals surface area contributed by atoms with Gasteiger partial charge in [0.05, 0.1) is 11.4 Å². The zero-order chi connectivity index (χ0) is 21.5. The van der Waals surface area contributed by atoms with E-state index in [9.17, 15) is 19.1 Å². The van der Waals surface area contributed by atoms with E-state index in [0.29, 0.717) is 24.8 Å². The molecule has 1 heterocycles. The van der Waals surface area contributed by atoms with E-state index in [1.807, 2.05) is 36.4 Å². The quantitative estimate of drug-likeness (QED) is 0.494. The molecule has 154 valence electrons. The van der Waals surface area contributed by atoms with E-state index in [1.54, 1.807) is 28.8 Å². The van der Waals surface area contributed by atoms with Gasteiger partial charge >= 0.3 is 5.97 Å². The van der Waals surface area contributed by atoms with Gasteiger partial charge in [-0.05, 0) is 72.4 Å². The Bertz CT molecular complexity index is 1310. The minimum Gasteiger partial charge on any atom is -0.481 e. The van der Waals surface area contributed by atoms with Crippen LogP contribution in [0.1, 0.15) is 28.0 Å². The maximum atomic E-state index is 13.4. The van der Waals surface area contributed by atoms with Crippen LogP contribution in [-0.4, -0.2) is 21.6 Å². The van der Waals surface area contributed by atoms with Crippen LogP contribution >= 0.6 is 0 Å². The first kappa shape index (κ1) is 19.2. The van der Waals surface area contributed by atoms with Gasteiger partial charge < -0.3 is 5.11 Å². The van der Waals surface area contributed by atoms with Gasteiger partial charge in [-0.25, -0.2) is 4.39 Å². The van der Waals surface area contributed by atoms with Crippen LogP contribution in [0.4, 0.5) is 4.39 Å². The molecule has 0 bridgehead atoms. The van der Waals surface area contributed by atoms with E-state index in [1.165, 1.54) is 12.1 Å². The highest BCUT2D eigenvalue weighted by Gasteiger charge is 2.31. The molecule has 4 aromatic rings. The van der Waals surface area contributed by atoms with Gasteiger partial charge in [0.15, 0.2) is 0 Å². The first-order chi connectivity index (χ1) is 15.0. The number of carbonyl (C=O) groups is 2. The third-order valence-corrected chi connectivity index (χ3v) is 6.11. The summed E-state index contributed by atoms with van der Waals surface area (Å²) in [6.07, 6.45) is 1.43. The summed E-state index contributed by atoms with van der Waals surface area (Å²) < 4.78 is 15.1. The summed E-state index contributed by atoms with van der Waals surface area (Å²) in [5, 5.41) is 10.5. The van der Waals surface area contributed by atoms with Crippen molar-refractivity contribution in [2.45, 2.75) is 19.3 Å². The molecule has 0 aliphatic heterocycles. The predicted molar refractivity (Wildman–Crippen MR) is 117 cm³/mol. The number of carbonyl (C=O) groups excluding carboxylic acids is 1. The van der Waals surface area contributed by atoms with Crippen LogP contribution in [0, 0.1) is 11.7 Å². The van der Waals surface area contributed by atoms with Gasteiger partial charge in [-0.15, -0.1) is 0 Å². The van der Waals surface area contributed by atoms with Gasteiger partial charge in [-0.3, -0.25) is 14.2 Å². The fraction of sp³-hybridized carbons (Fsp3) is 0.154. The number of hydrogen-bond donors (Lipinski definition) is 1. The van der Waals surface area contributed by atoms with Crippen LogP contribution in [0.5, 0.6) is 0 Å². The molecule has 4 nitrogen and oxygen atoms in total. The Kier molecular flexibility index (Phi) is 4.66. The predicted octanol–water partition coefficient (Wildman–Crippen LogP) is 5.33. The van der Waals surface area contributed by atoms with Crippen molar-refractivity contribution in [2.24, 2.45) is 5.92 Å². The minimum atomic E-state index is -0.810. The Balaban J connectivity index is 1.71. The van der Waals surface area contributed by atoms with Crippen molar-refractivity contribution in [2.75, 3.05) is 0 Å². The van der Waals surface area contributed by atoms with Crippen LogP contribution in [0.2, 0.25) is 0 Å². The highest BCUT2D eigenvalue weighted by atomic mass is 19.1. The largest absolute Gasteiger partial charge is 0.481 e. The van der Waals surface area contributed by atoms with E-state index in [0.717, 1.165) is 33.3 Å². The maximum Gasteiger partial charge on any atom is 0.306 e. The molecule has 0 saturated heterocycles. The van der Waals surface area contributed by atoms with E-state index in [-0.39, 0.29) is 11.7 Å². The van der Waals surface area contributed by atoms with Crippen molar-refractivity contribution in [1.82, 2.24) is 4.57 Å². The lowest BCUT2D eigenvalue weighted by molar-refractivity contribution is -0.142. The SMILES string of the molecule is O=C(O)C1CCc2c(c3cc(-c4ccc(F)cc4)ccc3n2C(=O)c2ccccc2)C1. The number of carboxylic acid groups (broad SMARTS) is 1. The summed E-state index contributed by atoms with van der Waals surface area (Å²) in [6, 6.07) is 21.2. The van der Waals surface area contributed by atoms with Crippen molar-refractivity contribution in [3.63, 3.8) is 0 Å². The van der Waals surface area contributed by atoms with Gasteiger partial charge in [-0.2, -0.15) is 0 Å². The molecule has 0 saturated carbocycles. The average molecular weight is 413 g/mol. The summed E-state index contributed by atoms with van der Waals surface area (Å²) in [5.41, 5.74) is 4.93. The van der Waals surface area contributed by atoms with Gasteiger partial charge in [0.2, 0.25) is 0 Å². The van der Waals surface area contributed by atoms with Gasteiger partial charge in [-0.1, -0.05) is 36.4 Å². The Morgan fingerprint density at radius 1 is 0.935 bits per heavy atom. The number of benzene rings is 3. The fourth-order valence-electron chi connectivity index (χ4n) is 4.53. The van der Waals surface area contributed by atoms with Crippen molar-refractivity contribution in [1.29, 1.82) is 0 Å². The Morgan fingerprint density at radius 3 is 2.35 bits per heavy atom. The summed E-state index contributed by atoms with van der Waals surface area (Å²) in [7, 11) is 0. The number of halogens is 1. The van der Waals surface area contributed by atoms with Gasteiger partial charge in [0, 0.05) is 16.6 Å². The minimum absolute atomic E-state index is 0.116. The molecule has 3 aromatic carbocycles. The molecule has 1 aliphatic rings. The van der Waals surface area contributed by atoms with Gasteiger partial charge in [0.1, 0.15) is 5.82 Å². The van der Waals surface area contributed by atoms with Crippen LogP contribution in [-0.2, 0) is 17.6 Å². The molecular weight excluding hydrogens is 393 g/mol. The van der Waals surface area contributed by atoms with E-state index in [4.69, 9.17) is 0 Å². The van der Waals surface area contributed by atoms with E-state index >= 15 is 0 Å². The maximum absolute atomic E-state index is 13.4. The number of fused-ring (bicyclic) bond motifs is 3. The normalized spacial score (nSPS) is 15.6. The zero-order valence-electron chi connectivity index (χ0n) is 16.7. The van der Waals surface area contributed by atoms with E-state index < -0.39 is 11.9 Å². The zero-order valence-corrected chi connectivity index (χ0v) is 16.7. The standard InChI is InChI=1S/C26H20FNO3/c27-20-10-6-16(7-11-20)18-8-12-23-21(14-18)22-15-19(26(30)31)9-13-24(22)28(23)25(29)17-4-2-1-3-5-17/h1-8,10-12,14,19H,9,13,15H2,(H,30,31). The van der Waals surface area contributed by atoms with Crippen LogP contribution in [0.25, 0.3) is 22.0 Å². The number of nitrogens with zero attached hydrogens (tertiary/aromatic N) is 1. The molecular formula is C26H20FNO3. The molecule has 1 aliphatic carbocycles. The number of aliphatic carboxylic acids is 1. The molecule has 5 rings (SSSR count). The van der Waals surface area contributed by atoms with Crippen LogP contribution in [0.15, 0.2) is 72.8 Å². The summed E-state index contributed by atoms with van der Waals surface area (Å²) in [4.78, 5) is 25.1. The lowest BCUT2D eigenvalue weighted by Gasteiger charge is -2.20. The highest BCUT2D eigenvalue weighted by molar-refractivity contribution is 6.05. The molecule has 1 N–H and O–H groups in total. The lowest BCUT2D eigenvalue weighted by Crippen LogP contribution is -2.24. The number of hydrogen-bond acceptors (Lipinski definition) is 2. The monoisotopic (exact) mass is 413 g/mol. The van der Waals surface area contributed by atoms with Crippen molar-refractivity contribution >= 4 is 22.8 Å². The second-order valence-electron chi connectivity index (χ2n) is 7.95. The molecule has 1 unspecified atom stereocenters. The molecule has 1 aromatic heterocycles. The topological polar surface area (TPSA) is 59.3 Å². The first-order valence-corrected chi connectivity index (χ1v) is 10.3. The smallest absolute Gasteiger partial charge is 0.306 e. The molecule has 0 amide bonds. The Morgan fingerprint density at radius 2 is 1.65 bits per heavy atom. The van der Waals surface area contributed by atoms with Crippen LogP contribution < -0.4 is 0 Å². The molecule has 1 atom stereocenters. The average Bonchev–Trinajstić information content (AvgIpc) is 3.12. The second kappa shape index (κ2) is 7.51. The van der Waals surface area contributed by atoms with Crippen LogP contribution in [0.3, 0.4) is 0 Å². The molecule has 31 heavy (non-hydrogen) atoms. The third-order valence-electron chi connectivity index (χ3n) is 6.11. The van der Waals surface area contributed by atoms with Crippen molar-refractivity contribution in [3.05, 3.63) is 95.4 Å². The number of carboxylic acids is 1. The third kappa shape index (κ3) is 3.32. The highest BCUT2D eigenvalue weighted by Crippen LogP contribution is 2.37. The molecule has 5 heteroatoms. The van der Waals surface area contributed by atoms with Crippen molar-refractivity contribution in [3.8, 4) is 11.1 Å². The summed E-state index contributed by atoms with van der Waals surface area (Å²) in [5.74, 6) is -1.69. The lowest BCUT2D eigenvalue weighted by atomic mass is 9.86. The number of rotatable bonds is 3. The molecule has 0 radical (unpaired) electrons. The Labute approximate surface area is 178 Å². The molecule has 0 fully saturated rings. The fourth-order valence-corrected chi connectivity index (χ4v) is 4.53. The Hall–Kier alpha value is -3.73. The van der Waals surface area contributed by atoms with Gasteiger partial charge in [0.25, 0.3) is 5.91 Å². The van der Waals surface area contributed by atoms with E-state index in [2.05, 4.69) is 0 Å².